The molecule has 3 aromatic rings. The Balaban J connectivity index is 2.02. The third-order valence-corrected chi connectivity index (χ3v) is 4.53. The third-order valence-electron chi connectivity index (χ3n) is 4.53. The van der Waals surface area contributed by atoms with E-state index >= 15 is 4.39 Å². The molecule has 3 nitrogen and oxygen atoms in total. The molecule has 0 amide bonds. The molecule has 6 heteroatoms. The van der Waals surface area contributed by atoms with Crippen molar-refractivity contribution in [2.75, 3.05) is 13.2 Å². The topological polar surface area (TPSA) is 27.7 Å². The van der Waals surface area contributed by atoms with Crippen LogP contribution in [0.25, 0.3) is 21.9 Å². The molecule has 0 bridgehead atoms. The van der Waals surface area contributed by atoms with Crippen LogP contribution in [0.2, 0.25) is 0 Å². The van der Waals surface area contributed by atoms with E-state index in [-0.39, 0.29) is 16.7 Å². The molecule has 0 unspecified atom stereocenters. The molecule has 0 atom stereocenters. The van der Waals surface area contributed by atoms with Crippen molar-refractivity contribution in [2.24, 2.45) is 0 Å². The highest BCUT2D eigenvalue weighted by Crippen LogP contribution is 2.40. The number of allylic oxidation sites excluding steroid dienone is 2. The van der Waals surface area contributed by atoms with Gasteiger partial charge in [-0.05, 0) is 61.2 Å². The van der Waals surface area contributed by atoms with Gasteiger partial charge < -0.3 is 14.2 Å². The fraction of sp³-hybridized carbons (Fsp3) is 0.200. The zero-order valence-electron chi connectivity index (χ0n) is 17.3. The summed E-state index contributed by atoms with van der Waals surface area (Å²) in [6, 6.07) is 12.8. The first kappa shape index (κ1) is 22.3. The molecule has 0 heterocycles. The predicted octanol–water partition coefficient (Wildman–Crippen LogP) is 7.16. The van der Waals surface area contributed by atoms with Crippen LogP contribution in [0.4, 0.5) is 13.2 Å². The Morgan fingerprint density at radius 2 is 1.45 bits per heavy atom. The maximum atomic E-state index is 15.4. The number of halogens is 3. The minimum absolute atomic E-state index is 0.0320. The van der Waals surface area contributed by atoms with Gasteiger partial charge in [-0.1, -0.05) is 36.4 Å². The molecule has 0 saturated heterocycles. The minimum atomic E-state index is -3.09. The van der Waals surface area contributed by atoms with Crippen molar-refractivity contribution in [3.05, 3.63) is 78.7 Å². The van der Waals surface area contributed by atoms with Gasteiger partial charge in [0.15, 0.2) is 0 Å². The van der Waals surface area contributed by atoms with Crippen LogP contribution in [0.3, 0.4) is 0 Å². The Morgan fingerprint density at radius 1 is 0.839 bits per heavy atom. The number of ether oxygens (including phenoxy) is 3. The van der Waals surface area contributed by atoms with Gasteiger partial charge in [0.1, 0.15) is 36.3 Å². The van der Waals surface area contributed by atoms with E-state index in [4.69, 9.17) is 9.47 Å². The molecule has 162 valence electrons. The van der Waals surface area contributed by atoms with Crippen LogP contribution < -0.4 is 14.2 Å². The Morgan fingerprint density at radius 3 is 2.06 bits per heavy atom. The van der Waals surface area contributed by atoms with Gasteiger partial charge in [-0.3, -0.25) is 0 Å². The van der Waals surface area contributed by atoms with Crippen LogP contribution in [0.5, 0.6) is 17.2 Å². The highest BCUT2D eigenvalue weighted by molar-refractivity contribution is 5.92. The number of alkyl halides is 2. The number of hydrogen-bond donors (Lipinski definition) is 0. The van der Waals surface area contributed by atoms with Crippen molar-refractivity contribution in [1.82, 2.24) is 0 Å². The van der Waals surface area contributed by atoms with Gasteiger partial charge in [-0.15, -0.1) is 0 Å². The molecule has 0 N–H and O–H groups in total. The number of hydrogen-bond acceptors (Lipinski definition) is 3. The average molecular weight is 428 g/mol. The maximum Gasteiger partial charge on any atom is 0.387 e. The standard InChI is InChI=1S/C25H23F3O3/c1-3-5-13-29-19-9-7-17(8-10-19)23-22(31-25(27)28)16-18-15-20(30-14-6-4-2)11-12-21(18)24(23)26/h3-12,15-16,25H,13-14H2,1-2H3. The summed E-state index contributed by atoms with van der Waals surface area (Å²) in [5.74, 6) is 0.203. The van der Waals surface area contributed by atoms with Crippen LogP contribution in [-0.4, -0.2) is 19.8 Å². The minimum Gasteiger partial charge on any atom is -0.490 e. The summed E-state index contributed by atoms with van der Waals surface area (Å²) in [4.78, 5) is 0. The van der Waals surface area contributed by atoms with E-state index in [1.807, 2.05) is 38.2 Å². The van der Waals surface area contributed by atoms with Crippen LogP contribution in [-0.2, 0) is 0 Å². The molecule has 0 saturated carbocycles. The molecule has 0 aromatic heterocycles. The Hall–Kier alpha value is -3.41. The fourth-order valence-electron chi connectivity index (χ4n) is 3.06. The third kappa shape index (κ3) is 5.60. The lowest BCUT2D eigenvalue weighted by Gasteiger charge is -2.15. The van der Waals surface area contributed by atoms with Gasteiger partial charge in [0, 0.05) is 5.39 Å². The molecule has 3 aromatic carbocycles. The molecule has 0 spiro atoms. The van der Waals surface area contributed by atoms with Crippen molar-refractivity contribution in [3.63, 3.8) is 0 Å². The normalized spacial score (nSPS) is 11.7. The van der Waals surface area contributed by atoms with Crippen LogP contribution >= 0.6 is 0 Å². The van der Waals surface area contributed by atoms with Crippen molar-refractivity contribution in [2.45, 2.75) is 20.5 Å². The first-order chi connectivity index (χ1) is 15.0. The van der Waals surface area contributed by atoms with Crippen LogP contribution in [0, 0.1) is 5.82 Å². The van der Waals surface area contributed by atoms with E-state index < -0.39 is 12.4 Å². The summed E-state index contributed by atoms with van der Waals surface area (Å²) in [5.41, 5.74) is 0.372. The average Bonchev–Trinajstić information content (AvgIpc) is 2.74. The highest BCUT2D eigenvalue weighted by atomic mass is 19.3. The second-order valence-corrected chi connectivity index (χ2v) is 6.61. The summed E-state index contributed by atoms with van der Waals surface area (Å²) >= 11 is 0. The molecule has 31 heavy (non-hydrogen) atoms. The summed E-state index contributed by atoms with van der Waals surface area (Å²) in [5, 5.41) is 0.685. The number of fused-ring (bicyclic) bond motifs is 1. The van der Waals surface area contributed by atoms with E-state index in [2.05, 4.69) is 4.74 Å². The van der Waals surface area contributed by atoms with E-state index in [9.17, 15) is 8.78 Å². The SMILES string of the molecule is CC=CCOc1ccc(-c2c(OC(F)F)cc3cc(OCC=CC)ccc3c2F)cc1. The van der Waals surface area contributed by atoms with Crippen molar-refractivity contribution in [3.8, 4) is 28.4 Å². The van der Waals surface area contributed by atoms with E-state index in [0.717, 1.165) is 0 Å². The van der Waals surface area contributed by atoms with Crippen LogP contribution in [0.15, 0.2) is 72.8 Å². The zero-order chi connectivity index (χ0) is 22.2. The molecule has 0 aliphatic rings. The van der Waals surface area contributed by atoms with Gasteiger partial charge >= 0.3 is 6.61 Å². The largest absolute Gasteiger partial charge is 0.490 e. The van der Waals surface area contributed by atoms with Gasteiger partial charge in [-0.2, -0.15) is 8.78 Å². The second-order valence-electron chi connectivity index (χ2n) is 6.61. The highest BCUT2D eigenvalue weighted by Gasteiger charge is 2.19. The van der Waals surface area contributed by atoms with E-state index in [1.54, 1.807) is 42.5 Å². The molecule has 0 radical (unpaired) electrons. The zero-order valence-corrected chi connectivity index (χ0v) is 17.3. The van der Waals surface area contributed by atoms with Crippen molar-refractivity contribution >= 4 is 10.8 Å². The smallest absolute Gasteiger partial charge is 0.387 e. The molecular formula is C25H23F3O3. The first-order valence-electron chi connectivity index (χ1n) is 9.83. The van der Waals surface area contributed by atoms with Crippen molar-refractivity contribution < 1.29 is 27.4 Å². The van der Waals surface area contributed by atoms with Gasteiger partial charge in [0.25, 0.3) is 0 Å². The first-order valence-corrected chi connectivity index (χ1v) is 9.83. The monoisotopic (exact) mass is 428 g/mol. The van der Waals surface area contributed by atoms with Gasteiger partial charge in [0.05, 0.1) is 5.56 Å². The summed E-state index contributed by atoms with van der Waals surface area (Å²) in [6.45, 7) is 1.42. The summed E-state index contributed by atoms with van der Waals surface area (Å²) < 4.78 is 57.3. The van der Waals surface area contributed by atoms with Crippen LogP contribution in [0.1, 0.15) is 13.8 Å². The summed E-state index contributed by atoms with van der Waals surface area (Å²) in [7, 11) is 0. The van der Waals surface area contributed by atoms with E-state index in [1.165, 1.54) is 6.07 Å². The van der Waals surface area contributed by atoms with Gasteiger partial charge in [-0.25, -0.2) is 4.39 Å². The Kier molecular flexibility index (Phi) is 7.60. The van der Waals surface area contributed by atoms with Gasteiger partial charge in [0.2, 0.25) is 0 Å². The Bertz CT molecular complexity index is 1070. The molecule has 3 rings (SSSR count). The summed E-state index contributed by atoms with van der Waals surface area (Å²) in [6.07, 6.45) is 7.38. The lowest BCUT2D eigenvalue weighted by molar-refractivity contribution is -0.0494. The Labute approximate surface area is 179 Å². The number of rotatable bonds is 9. The molecule has 0 fully saturated rings. The molecular weight excluding hydrogens is 405 g/mol. The maximum absolute atomic E-state index is 15.4. The molecule has 0 aliphatic heterocycles. The van der Waals surface area contributed by atoms with E-state index in [0.29, 0.717) is 35.7 Å². The lowest BCUT2D eigenvalue weighted by atomic mass is 9.98. The molecule has 0 aliphatic carbocycles. The quantitative estimate of drug-likeness (QED) is 0.339. The van der Waals surface area contributed by atoms with Crippen molar-refractivity contribution in [1.29, 1.82) is 0 Å². The second kappa shape index (κ2) is 10.6. The fourth-order valence-corrected chi connectivity index (χ4v) is 3.06. The number of benzene rings is 3. The predicted molar refractivity (Wildman–Crippen MR) is 117 cm³/mol. The lowest BCUT2D eigenvalue weighted by Crippen LogP contribution is -2.05.